The highest BCUT2D eigenvalue weighted by Gasteiger charge is 2.19. The summed E-state index contributed by atoms with van der Waals surface area (Å²) in [6.45, 7) is 0. The lowest BCUT2D eigenvalue weighted by Crippen LogP contribution is -2.02. The molecule has 0 atom stereocenters. The van der Waals surface area contributed by atoms with Crippen molar-refractivity contribution in [3.8, 4) is 22.9 Å². The van der Waals surface area contributed by atoms with Gasteiger partial charge in [0.1, 0.15) is 11.1 Å². The van der Waals surface area contributed by atoms with Crippen molar-refractivity contribution in [3.05, 3.63) is 77.0 Å². The van der Waals surface area contributed by atoms with Crippen LogP contribution in [-0.4, -0.2) is 16.9 Å². The number of para-hydroxylation sites is 1. The molecule has 4 rings (SSSR count). The van der Waals surface area contributed by atoms with Crippen molar-refractivity contribution >= 4 is 11.1 Å². The van der Waals surface area contributed by atoms with Crippen LogP contribution in [0.5, 0.6) is 5.88 Å². The first-order valence-electron chi connectivity index (χ1n) is 7.49. The Bertz CT molecular complexity index is 1050. The normalized spacial score (nSPS) is 10.9. The van der Waals surface area contributed by atoms with E-state index in [1.807, 2.05) is 60.7 Å². The van der Waals surface area contributed by atoms with Gasteiger partial charge in [-0.1, -0.05) is 48.5 Å². The van der Waals surface area contributed by atoms with Gasteiger partial charge in [0.25, 0.3) is 0 Å². The van der Waals surface area contributed by atoms with Gasteiger partial charge in [-0.15, -0.1) is 5.10 Å². The maximum atomic E-state index is 12.6. The Morgan fingerprint density at radius 1 is 1.00 bits per heavy atom. The fourth-order valence-corrected chi connectivity index (χ4v) is 2.65. The topological polar surface area (TPSA) is 57.3 Å². The van der Waals surface area contributed by atoms with E-state index in [4.69, 9.17) is 9.15 Å². The molecular weight excluding hydrogens is 304 g/mol. The second kappa shape index (κ2) is 5.70. The van der Waals surface area contributed by atoms with Gasteiger partial charge in [-0.3, -0.25) is 4.79 Å². The van der Waals surface area contributed by atoms with Crippen LogP contribution in [0.15, 0.2) is 75.9 Å². The first-order valence-corrected chi connectivity index (χ1v) is 7.49. The molecule has 2 aromatic carbocycles. The summed E-state index contributed by atoms with van der Waals surface area (Å²) in [5.74, 6) is 0.745. The molecule has 5 nitrogen and oxygen atoms in total. The summed E-state index contributed by atoms with van der Waals surface area (Å²) in [7, 11) is 1.49. The summed E-state index contributed by atoms with van der Waals surface area (Å²) in [6, 6.07) is 20.5. The predicted molar refractivity (Wildman–Crippen MR) is 91.6 cm³/mol. The second-order valence-electron chi connectivity index (χ2n) is 5.28. The van der Waals surface area contributed by atoms with Crippen molar-refractivity contribution in [1.82, 2.24) is 9.78 Å². The van der Waals surface area contributed by atoms with Crippen LogP contribution >= 0.6 is 0 Å². The van der Waals surface area contributed by atoms with E-state index in [9.17, 15) is 4.79 Å². The van der Waals surface area contributed by atoms with Gasteiger partial charge in [0.05, 0.1) is 12.8 Å². The van der Waals surface area contributed by atoms with Gasteiger partial charge in [0.2, 0.25) is 17.0 Å². The third-order valence-corrected chi connectivity index (χ3v) is 3.78. The minimum absolute atomic E-state index is 0.186. The highest BCUT2D eigenvalue weighted by Crippen LogP contribution is 2.28. The second-order valence-corrected chi connectivity index (χ2v) is 5.28. The number of ether oxygens (including phenoxy) is 1. The molecular formula is C19H14N2O3. The molecule has 0 N–H and O–H groups in total. The number of methoxy groups -OCH3 is 1. The summed E-state index contributed by atoms with van der Waals surface area (Å²) in [5.41, 5.74) is 1.80. The number of benzene rings is 2. The molecule has 0 aliphatic carbocycles. The summed E-state index contributed by atoms with van der Waals surface area (Å²) in [4.78, 5) is 12.6. The lowest BCUT2D eigenvalue weighted by Gasteiger charge is -2.04. The van der Waals surface area contributed by atoms with Crippen molar-refractivity contribution in [2.75, 3.05) is 7.11 Å². The lowest BCUT2D eigenvalue weighted by atomic mass is 10.1. The fraction of sp³-hybridized carbons (Fsp3) is 0.0526. The molecule has 0 saturated carbocycles. The van der Waals surface area contributed by atoms with Crippen LogP contribution in [0.3, 0.4) is 0 Å². The Balaban J connectivity index is 2.04. The van der Waals surface area contributed by atoms with E-state index in [1.165, 1.54) is 13.2 Å². The molecule has 0 aliphatic heterocycles. The third-order valence-electron chi connectivity index (χ3n) is 3.78. The summed E-state index contributed by atoms with van der Waals surface area (Å²) >= 11 is 0. The number of aromatic nitrogens is 2. The van der Waals surface area contributed by atoms with Gasteiger partial charge < -0.3 is 9.15 Å². The molecule has 2 aromatic heterocycles. The van der Waals surface area contributed by atoms with E-state index in [0.29, 0.717) is 16.9 Å². The van der Waals surface area contributed by atoms with Crippen molar-refractivity contribution in [3.63, 3.8) is 0 Å². The minimum atomic E-state index is -0.186. The van der Waals surface area contributed by atoms with Crippen molar-refractivity contribution < 1.29 is 9.15 Å². The minimum Gasteiger partial charge on any atom is -0.479 e. The monoisotopic (exact) mass is 318 g/mol. The number of fused-ring (bicyclic) bond motifs is 1. The van der Waals surface area contributed by atoms with E-state index >= 15 is 0 Å². The molecule has 118 valence electrons. The van der Waals surface area contributed by atoms with Crippen LogP contribution in [0.25, 0.3) is 28.1 Å². The molecule has 0 fully saturated rings. The van der Waals surface area contributed by atoms with Crippen LogP contribution in [0, 0.1) is 0 Å². The molecule has 0 unspecified atom stereocenters. The Hall–Kier alpha value is -3.34. The third kappa shape index (κ3) is 2.27. The zero-order chi connectivity index (χ0) is 16.5. The van der Waals surface area contributed by atoms with E-state index in [1.54, 1.807) is 4.68 Å². The molecule has 0 bridgehead atoms. The van der Waals surface area contributed by atoms with Crippen molar-refractivity contribution in [1.29, 1.82) is 0 Å². The Morgan fingerprint density at radius 2 is 1.67 bits per heavy atom. The van der Waals surface area contributed by atoms with E-state index in [2.05, 4.69) is 5.10 Å². The predicted octanol–water partition coefficient (Wildman–Crippen LogP) is 3.65. The maximum absolute atomic E-state index is 12.6. The average molecular weight is 318 g/mol. The smallest absolute Gasteiger partial charge is 0.248 e. The number of nitrogens with zero attached hydrogens (tertiary/aromatic N) is 2. The molecule has 0 amide bonds. The van der Waals surface area contributed by atoms with Crippen LogP contribution in [0.2, 0.25) is 0 Å². The largest absolute Gasteiger partial charge is 0.479 e. The molecule has 2 heterocycles. The highest BCUT2D eigenvalue weighted by molar-refractivity contribution is 5.82. The van der Waals surface area contributed by atoms with Gasteiger partial charge in [0, 0.05) is 11.6 Å². The summed E-state index contributed by atoms with van der Waals surface area (Å²) in [5, 5.41) is 4.71. The lowest BCUT2D eigenvalue weighted by molar-refractivity contribution is 0.398. The molecule has 0 aliphatic rings. The molecule has 0 radical (unpaired) electrons. The van der Waals surface area contributed by atoms with Crippen molar-refractivity contribution in [2.24, 2.45) is 0 Å². The number of hydrogen-bond donors (Lipinski definition) is 0. The number of hydrogen-bond acceptors (Lipinski definition) is 4. The highest BCUT2D eigenvalue weighted by atomic mass is 16.5. The van der Waals surface area contributed by atoms with E-state index in [-0.39, 0.29) is 11.3 Å². The zero-order valence-electron chi connectivity index (χ0n) is 13.0. The number of rotatable bonds is 3. The fourth-order valence-electron chi connectivity index (χ4n) is 2.65. The van der Waals surface area contributed by atoms with Crippen LogP contribution in [0.4, 0.5) is 0 Å². The van der Waals surface area contributed by atoms with Crippen molar-refractivity contribution in [2.45, 2.75) is 0 Å². The Morgan fingerprint density at radius 3 is 2.33 bits per heavy atom. The zero-order valence-corrected chi connectivity index (χ0v) is 13.0. The first kappa shape index (κ1) is 14.3. The molecule has 4 aromatic rings. The van der Waals surface area contributed by atoms with Crippen LogP contribution in [0.1, 0.15) is 0 Å². The van der Waals surface area contributed by atoms with E-state index in [0.717, 1.165) is 11.3 Å². The standard InChI is InChI=1S/C19H14N2O3/c1-23-18-17-15(22)12-16(13-8-4-2-5-9-13)24-19(17)21(20-18)14-10-6-3-7-11-14/h2-12H,1H3. The first-order chi connectivity index (χ1) is 11.8. The van der Waals surface area contributed by atoms with Gasteiger partial charge in [-0.2, -0.15) is 4.68 Å². The van der Waals surface area contributed by atoms with Crippen LogP contribution in [-0.2, 0) is 0 Å². The van der Waals surface area contributed by atoms with E-state index < -0.39 is 0 Å². The van der Waals surface area contributed by atoms with Gasteiger partial charge in [-0.25, -0.2) is 0 Å². The Kier molecular flexibility index (Phi) is 3.39. The maximum Gasteiger partial charge on any atom is 0.248 e. The molecule has 0 spiro atoms. The average Bonchev–Trinajstić information content (AvgIpc) is 3.02. The summed E-state index contributed by atoms with van der Waals surface area (Å²) < 4.78 is 12.9. The van der Waals surface area contributed by atoms with Gasteiger partial charge in [-0.05, 0) is 12.1 Å². The molecule has 0 saturated heterocycles. The van der Waals surface area contributed by atoms with Gasteiger partial charge in [0.15, 0.2) is 0 Å². The Labute approximate surface area is 137 Å². The molecule has 24 heavy (non-hydrogen) atoms. The molecule has 5 heteroatoms. The quantitative estimate of drug-likeness (QED) is 0.578. The summed E-state index contributed by atoms with van der Waals surface area (Å²) in [6.07, 6.45) is 0. The van der Waals surface area contributed by atoms with Crippen LogP contribution < -0.4 is 10.2 Å². The SMILES string of the molecule is COc1nn(-c2ccccc2)c2oc(-c3ccccc3)cc(=O)c12. The van der Waals surface area contributed by atoms with Gasteiger partial charge >= 0.3 is 0 Å².